The number of rotatable bonds is 8. The predicted molar refractivity (Wildman–Crippen MR) is 114 cm³/mol. The lowest BCUT2D eigenvalue weighted by molar-refractivity contribution is -0.124. The van der Waals surface area contributed by atoms with Crippen LogP contribution in [0.4, 0.5) is 0 Å². The molecule has 0 saturated heterocycles. The molecule has 1 aliphatic rings. The Morgan fingerprint density at radius 1 is 1.18 bits per heavy atom. The summed E-state index contributed by atoms with van der Waals surface area (Å²) < 4.78 is 0. The van der Waals surface area contributed by atoms with Gasteiger partial charge in [-0.1, -0.05) is 38.1 Å². The zero-order chi connectivity index (χ0) is 20.1. The third kappa shape index (κ3) is 4.13. The summed E-state index contributed by atoms with van der Waals surface area (Å²) in [5.41, 5.74) is 1.45. The van der Waals surface area contributed by atoms with Gasteiger partial charge in [-0.05, 0) is 49.1 Å². The third-order valence-electron chi connectivity index (χ3n) is 5.54. The van der Waals surface area contributed by atoms with E-state index < -0.39 is 5.92 Å². The van der Waals surface area contributed by atoms with Crippen molar-refractivity contribution in [1.82, 2.24) is 15.1 Å². The van der Waals surface area contributed by atoms with Gasteiger partial charge in [0, 0.05) is 24.0 Å². The number of likely N-dealkylation sites (N-methyl/N-ethyl adjacent to an activating group) is 1. The second kappa shape index (κ2) is 9.34. The summed E-state index contributed by atoms with van der Waals surface area (Å²) in [6, 6.07) is 11.2. The van der Waals surface area contributed by atoms with E-state index in [-0.39, 0.29) is 17.9 Å². The first-order valence-electron chi connectivity index (χ1n) is 9.98. The first-order chi connectivity index (χ1) is 13.6. The molecule has 0 spiro atoms. The standard InChI is InChI=1S/C22H29N3O2S/c1-4-25(5-2)14-9-13-23-21(26)19-16-10-6-7-11-17(16)22(27)24(3)20(19)18-12-8-15-28-18/h6-8,10-12,15,19-20H,4-5,9,13-14H2,1-3H3,(H,23,26)/t19-,20+/m1/s1. The van der Waals surface area contributed by atoms with E-state index in [0.29, 0.717) is 12.1 Å². The van der Waals surface area contributed by atoms with Crippen LogP contribution in [0, 0.1) is 0 Å². The molecule has 0 aliphatic carbocycles. The number of fused-ring (bicyclic) bond motifs is 1. The van der Waals surface area contributed by atoms with Crippen LogP contribution in [0.1, 0.15) is 53.0 Å². The Labute approximate surface area is 171 Å². The molecule has 0 radical (unpaired) electrons. The minimum absolute atomic E-state index is 0.00949. The lowest BCUT2D eigenvalue weighted by atomic mass is 9.81. The van der Waals surface area contributed by atoms with Crippen LogP contribution in [0.25, 0.3) is 0 Å². The average Bonchev–Trinajstić information content (AvgIpc) is 3.24. The van der Waals surface area contributed by atoms with Gasteiger partial charge < -0.3 is 15.1 Å². The highest BCUT2D eigenvalue weighted by molar-refractivity contribution is 7.10. The van der Waals surface area contributed by atoms with Crippen LogP contribution in [0.15, 0.2) is 41.8 Å². The second-order valence-corrected chi connectivity index (χ2v) is 8.09. The molecule has 5 nitrogen and oxygen atoms in total. The number of thiophene rings is 1. The molecule has 1 aliphatic heterocycles. The number of carbonyl (C=O) groups is 2. The molecule has 6 heteroatoms. The molecule has 0 saturated carbocycles. The fourth-order valence-electron chi connectivity index (χ4n) is 3.94. The monoisotopic (exact) mass is 399 g/mol. The molecule has 2 heterocycles. The highest BCUT2D eigenvalue weighted by Crippen LogP contribution is 2.43. The average molecular weight is 400 g/mol. The van der Waals surface area contributed by atoms with E-state index in [1.807, 2.05) is 41.8 Å². The van der Waals surface area contributed by atoms with E-state index in [2.05, 4.69) is 24.1 Å². The van der Waals surface area contributed by atoms with Gasteiger partial charge in [0.05, 0.1) is 12.0 Å². The molecule has 1 aromatic carbocycles. The summed E-state index contributed by atoms with van der Waals surface area (Å²) in [6.07, 6.45) is 0.917. The minimum Gasteiger partial charge on any atom is -0.355 e. The van der Waals surface area contributed by atoms with Gasteiger partial charge in [0.15, 0.2) is 0 Å². The third-order valence-corrected chi connectivity index (χ3v) is 6.48. The molecule has 0 unspecified atom stereocenters. The summed E-state index contributed by atoms with van der Waals surface area (Å²) in [5, 5.41) is 5.12. The van der Waals surface area contributed by atoms with Crippen molar-refractivity contribution in [2.45, 2.75) is 32.2 Å². The number of nitrogens with one attached hydrogen (secondary N) is 1. The molecule has 2 atom stereocenters. The fraction of sp³-hybridized carbons (Fsp3) is 0.455. The quantitative estimate of drug-likeness (QED) is 0.691. The van der Waals surface area contributed by atoms with E-state index in [9.17, 15) is 9.59 Å². The molecule has 1 N–H and O–H groups in total. The number of hydrogen-bond donors (Lipinski definition) is 1. The van der Waals surface area contributed by atoms with E-state index in [4.69, 9.17) is 0 Å². The highest BCUT2D eigenvalue weighted by Gasteiger charge is 2.42. The zero-order valence-corrected chi connectivity index (χ0v) is 17.7. The van der Waals surface area contributed by atoms with Gasteiger partial charge in [0.2, 0.25) is 5.91 Å². The Morgan fingerprint density at radius 3 is 2.61 bits per heavy atom. The lowest BCUT2D eigenvalue weighted by Crippen LogP contribution is -2.45. The van der Waals surface area contributed by atoms with Crippen molar-refractivity contribution in [3.05, 3.63) is 57.8 Å². The Balaban J connectivity index is 1.81. The van der Waals surface area contributed by atoms with Crippen LogP contribution in [0.5, 0.6) is 0 Å². The number of benzene rings is 1. The molecule has 150 valence electrons. The Morgan fingerprint density at radius 2 is 1.93 bits per heavy atom. The lowest BCUT2D eigenvalue weighted by Gasteiger charge is -2.39. The summed E-state index contributed by atoms with van der Waals surface area (Å²) in [7, 11) is 1.79. The Hall–Kier alpha value is -2.18. The Kier molecular flexibility index (Phi) is 6.86. The van der Waals surface area contributed by atoms with Gasteiger partial charge in [-0.15, -0.1) is 11.3 Å². The molecule has 2 aromatic rings. The van der Waals surface area contributed by atoms with Gasteiger partial charge in [-0.25, -0.2) is 0 Å². The molecule has 28 heavy (non-hydrogen) atoms. The molecule has 1 aromatic heterocycles. The van der Waals surface area contributed by atoms with Gasteiger partial charge in [-0.3, -0.25) is 9.59 Å². The van der Waals surface area contributed by atoms with Crippen LogP contribution in [0.3, 0.4) is 0 Å². The second-order valence-electron chi connectivity index (χ2n) is 7.11. The number of hydrogen-bond acceptors (Lipinski definition) is 4. The molecular formula is C22H29N3O2S. The highest BCUT2D eigenvalue weighted by atomic mass is 32.1. The summed E-state index contributed by atoms with van der Waals surface area (Å²) in [6.45, 7) is 7.96. The van der Waals surface area contributed by atoms with Crippen LogP contribution in [0.2, 0.25) is 0 Å². The Bertz CT molecular complexity index is 802. The molecule has 3 rings (SSSR count). The zero-order valence-electron chi connectivity index (χ0n) is 16.9. The van der Waals surface area contributed by atoms with Gasteiger partial charge in [0.1, 0.15) is 0 Å². The van der Waals surface area contributed by atoms with Crippen LogP contribution < -0.4 is 5.32 Å². The fourth-order valence-corrected chi connectivity index (χ4v) is 4.84. The van der Waals surface area contributed by atoms with Crippen LogP contribution >= 0.6 is 11.3 Å². The van der Waals surface area contributed by atoms with Crippen molar-refractivity contribution in [2.24, 2.45) is 0 Å². The van der Waals surface area contributed by atoms with Crippen molar-refractivity contribution >= 4 is 23.2 Å². The topological polar surface area (TPSA) is 52.7 Å². The largest absolute Gasteiger partial charge is 0.355 e. The predicted octanol–water partition coefficient (Wildman–Crippen LogP) is 3.51. The first-order valence-corrected chi connectivity index (χ1v) is 10.9. The van der Waals surface area contributed by atoms with Gasteiger partial charge >= 0.3 is 0 Å². The summed E-state index contributed by atoms with van der Waals surface area (Å²) in [4.78, 5) is 31.2. The van der Waals surface area contributed by atoms with Crippen molar-refractivity contribution in [3.8, 4) is 0 Å². The van der Waals surface area contributed by atoms with E-state index in [0.717, 1.165) is 36.5 Å². The van der Waals surface area contributed by atoms with Gasteiger partial charge in [0.25, 0.3) is 5.91 Å². The van der Waals surface area contributed by atoms with Crippen molar-refractivity contribution < 1.29 is 9.59 Å². The number of amides is 2. The van der Waals surface area contributed by atoms with E-state index >= 15 is 0 Å². The summed E-state index contributed by atoms with van der Waals surface area (Å²) >= 11 is 1.59. The number of nitrogens with zero attached hydrogens (tertiary/aromatic N) is 2. The van der Waals surface area contributed by atoms with Crippen LogP contribution in [-0.4, -0.2) is 54.8 Å². The summed E-state index contributed by atoms with van der Waals surface area (Å²) in [5.74, 6) is -0.435. The maximum absolute atomic E-state index is 13.2. The van der Waals surface area contributed by atoms with Crippen molar-refractivity contribution in [3.63, 3.8) is 0 Å². The van der Waals surface area contributed by atoms with Crippen molar-refractivity contribution in [2.75, 3.05) is 33.2 Å². The first kappa shape index (κ1) is 20.6. The maximum atomic E-state index is 13.2. The minimum atomic E-state index is -0.397. The van der Waals surface area contributed by atoms with Crippen LogP contribution in [-0.2, 0) is 4.79 Å². The van der Waals surface area contributed by atoms with Crippen molar-refractivity contribution in [1.29, 1.82) is 0 Å². The van der Waals surface area contributed by atoms with E-state index in [1.165, 1.54) is 0 Å². The number of carbonyl (C=O) groups excluding carboxylic acids is 2. The maximum Gasteiger partial charge on any atom is 0.254 e. The SMILES string of the molecule is CCN(CC)CCCNC(=O)[C@@H]1c2ccccc2C(=O)N(C)[C@H]1c1cccs1. The molecular weight excluding hydrogens is 370 g/mol. The normalized spacial score (nSPS) is 19.0. The molecule has 2 amide bonds. The van der Waals surface area contributed by atoms with Gasteiger partial charge in [-0.2, -0.15) is 0 Å². The smallest absolute Gasteiger partial charge is 0.254 e. The molecule has 0 fully saturated rings. The molecule has 0 bridgehead atoms. The van der Waals surface area contributed by atoms with E-state index in [1.54, 1.807) is 23.3 Å².